The number of aromatic nitrogens is 2. The zero-order valence-corrected chi connectivity index (χ0v) is 10.6. The van der Waals surface area contributed by atoms with Gasteiger partial charge in [0.2, 0.25) is 5.82 Å². The van der Waals surface area contributed by atoms with Crippen LogP contribution < -0.4 is 16.0 Å². The van der Waals surface area contributed by atoms with Gasteiger partial charge in [-0.2, -0.15) is 4.39 Å². The molecule has 0 atom stereocenters. The number of aromatic amines is 1. The van der Waals surface area contributed by atoms with E-state index >= 15 is 0 Å². The topological polar surface area (TPSA) is 64.1 Å². The summed E-state index contributed by atoms with van der Waals surface area (Å²) in [7, 11) is 1.15. The lowest BCUT2D eigenvalue weighted by atomic mass is 10.2. The van der Waals surface area contributed by atoms with Gasteiger partial charge in [-0.1, -0.05) is 0 Å². The van der Waals surface area contributed by atoms with Crippen molar-refractivity contribution in [2.75, 3.05) is 7.11 Å². The van der Waals surface area contributed by atoms with E-state index in [1.165, 1.54) is 0 Å². The van der Waals surface area contributed by atoms with Gasteiger partial charge in [-0.15, -0.1) is 0 Å². The van der Waals surface area contributed by atoms with E-state index in [4.69, 9.17) is 4.74 Å². The summed E-state index contributed by atoms with van der Waals surface area (Å²) in [6.45, 7) is 3.36. The normalized spacial score (nSPS) is 11.3. The largest absolute Gasteiger partial charge is 0.491 e. The number of nitrogens with one attached hydrogen (secondary N) is 1. The van der Waals surface area contributed by atoms with Crippen LogP contribution in [0.5, 0.6) is 5.75 Å². The minimum absolute atomic E-state index is 0.0508. The molecule has 1 aromatic heterocycles. The first-order valence-electron chi connectivity index (χ1n) is 5.59. The summed E-state index contributed by atoms with van der Waals surface area (Å²) in [5, 5.41) is -0.135. The van der Waals surface area contributed by atoms with Gasteiger partial charge in [-0.25, -0.2) is 9.18 Å². The third-order valence-corrected chi connectivity index (χ3v) is 2.80. The summed E-state index contributed by atoms with van der Waals surface area (Å²) in [4.78, 5) is 25.6. The number of hydrogen-bond acceptors (Lipinski definition) is 3. The van der Waals surface area contributed by atoms with Gasteiger partial charge in [-0.05, 0) is 19.9 Å². The van der Waals surface area contributed by atoms with Crippen molar-refractivity contribution >= 4 is 10.9 Å². The number of rotatable bonds is 2. The van der Waals surface area contributed by atoms with Crippen LogP contribution in [0, 0.1) is 11.6 Å². The van der Waals surface area contributed by atoms with Gasteiger partial charge in [0.05, 0.1) is 12.5 Å². The molecule has 0 saturated heterocycles. The molecule has 1 aromatic carbocycles. The van der Waals surface area contributed by atoms with Gasteiger partial charge < -0.3 is 4.74 Å². The Kier molecular flexibility index (Phi) is 3.13. The Morgan fingerprint density at radius 2 is 1.95 bits per heavy atom. The number of methoxy groups -OCH3 is 1. The van der Waals surface area contributed by atoms with Crippen molar-refractivity contribution in [1.82, 2.24) is 9.55 Å². The Balaban J connectivity index is 3.17. The van der Waals surface area contributed by atoms with Gasteiger partial charge in [0.15, 0.2) is 11.6 Å². The van der Waals surface area contributed by atoms with E-state index in [-0.39, 0.29) is 16.9 Å². The smallest absolute Gasteiger partial charge is 0.329 e. The van der Waals surface area contributed by atoms with Crippen LogP contribution in [-0.2, 0) is 0 Å². The summed E-state index contributed by atoms with van der Waals surface area (Å²) >= 11 is 0. The fourth-order valence-corrected chi connectivity index (χ4v) is 2.01. The maximum Gasteiger partial charge on any atom is 0.329 e. The minimum Gasteiger partial charge on any atom is -0.491 e. The molecule has 7 heteroatoms. The van der Waals surface area contributed by atoms with E-state index in [9.17, 15) is 18.4 Å². The summed E-state index contributed by atoms with van der Waals surface area (Å²) < 4.78 is 33.1. The van der Waals surface area contributed by atoms with Crippen molar-refractivity contribution in [3.05, 3.63) is 38.5 Å². The third kappa shape index (κ3) is 1.91. The molecule has 0 radical (unpaired) electrons. The van der Waals surface area contributed by atoms with Crippen molar-refractivity contribution in [1.29, 1.82) is 0 Å². The molecule has 0 unspecified atom stereocenters. The van der Waals surface area contributed by atoms with Gasteiger partial charge >= 0.3 is 5.69 Å². The molecular weight excluding hydrogens is 258 g/mol. The van der Waals surface area contributed by atoms with E-state index in [2.05, 4.69) is 4.98 Å². The van der Waals surface area contributed by atoms with Crippen LogP contribution in [0.3, 0.4) is 0 Å². The van der Waals surface area contributed by atoms with Crippen molar-refractivity contribution < 1.29 is 13.5 Å². The van der Waals surface area contributed by atoms with E-state index < -0.39 is 28.6 Å². The molecule has 0 aliphatic rings. The van der Waals surface area contributed by atoms with Crippen LogP contribution in [0.25, 0.3) is 10.9 Å². The zero-order valence-electron chi connectivity index (χ0n) is 10.6. The second kappa shape index (κ2) is 4.49. The highest BCUT2D eigenvalue weighted by Gasteiger charge is 2.21. The quantitative estimate of drug-likeness (QED) is 0.900. The molecule has 1 heterocycles. The first kappa shape index (κ1) is 13.3. The number of nitrogens with zero attached hydrogens (tertiary/aromatic N) is 1. The van der Waals surface area contributed by atoms with E-state index in [1.807, 2.05) is 0 Å². The first-order valence-corrected chi connectivity index (χ1v) is 5.59. The highest BCUT2D eigenvalue weighted by Crippen LogP contribution is 2.29. The summed E-state index contributed by atoms with van der Waals surface area (Å²) in [5.74, 6) is -2.88. The number of halogens is 2. The SMILES string of the molecule is COc1c(F)c(F)cc2c(=O)[nH]c(=O)n(C(C)C)c12. The lowest BCUT2D eigenvalue weighted by Crippen LogP contribution is -2.32. The Morgan fingerprint density at radius 3 is 2.47 bits per heavy atom. The molecular formula is C12H12F2N2O3. The molecule has 19 heavy (non-hydrogen) atoms. The minimum atomic E-state index is -1.23. The summed E-state index contributed by atoms with van der Waals surface area (Å²) in [6.07, 6.45) is 0. The fraction of sp³-hybridized carbons (Fsp3) is 0.333. The van der Waals surface area contributed by atoms with Crippen LogP contribution >= 0.6 is 0 Å². The van der Waals surface area contributed by atoms with Crippen molar-refractivity contribution in [2.24, 2.45) is 0 Å². The zero-order chi connectivity index (χ0) is 14.3. The number of H-pyrrole nitrogens is 1. The van der Waals surface area contributed by atoms with Crippen molar-refractivity contribution in [3.63, 3.8) is 0 Å². The maximum absolute atomic E-state index is 13.7. The maximum atomic E-state index is 13.7. The predicted molar refractivity (Wildman–Crippen MR) is 65.7 cm³/mol. The number of fused-ring (bicyclic) bond motifs is 1. The van der Waals surface area contributed by atoms with E-state index in [0.717, 1.165) is 17.7 Å². The van der Waals surface area contributed by atoms with Crippen LogP contribution in [0.2, 0.25) is 0 Å². The standard InChI is InChI=1S/C12H12F2N2O3/c1-5(2)16-9-6(11(17)15-12(16)18)4-7(13)8(14)10(9)19-3/h4-5H,1-3H3,(H,15,17,18). The lowest BCUT2D eigenvalue weighted by molar-refractivity contribution is 0.373. The van der Waals surface area contributed by atoms with E-state index in [0.29, 0.717) is 0 Å². The molecule has 102 valence electrons. The molecule has 5 nitrogen and oxygen atoms in total. The molecule has 0 fully saturated rings. The molecule has 0 aliphatic heterocycles. The van der Waals surface area contributed by atoms with Crippen LogP contribution in [0.1, 0.15) is 19.9 Å². The molecule has 0 amide bonds. The Bertz CT molecular complexity index is 762. The Morgan fingerprint density at radius 1 is 1.32 bits per heavy atom. The second-order valence-corrected chi connectivity index (χ2v) is 4.32. The average Bonchev–Trinajstić information content (AvgIpc) is 2.32. The molecule has 0 saturated carbocycles. The molecule has 2 aromatic rings. The predicted octanol–water partition coefficient (Wildman–Crippen LogP) is 1.56. The fourth-order valence-electron chi connectivity index (χ4n) is 2.01. The number of ether oxygens (including phenoxy) is 1. The van der Waals surface area contributed by atoms with Gasteiger partial charge in [0.1, 0.15) is 5.52 Å². The molecule has 2 rings (SSSR count). The monoisotopic (exact) mass is 270 g/mol. The summed E-state index contributed by atoms with van der Waals surface area (Å²) in [5.41, 5.74) is -1.53. The molecule has 0 aliphatic carbocycles. The second-order valence-electron chi connectivity index (χ2n) is 4.32. The number of hydrogen-bond donors (Lipinski definition) is 1. The highest BCUT2D eigenvalue weighted by atomic mass is 19.2. The van der Waals surface area contributed by atoms with Crippen LogP contribution in [0.4, 0.5) is 8.78 Å². The van der Waals surface area contributed by atoms with Crippen molar-refractivity contribution in [2.45, 2.75) is 19.9 Å². The average molecular weight is 270 g/mol. The van der Waals surface area contributed by atoms with Gasteiger partial charge in [-0.3, -0.25) is 14.3 Å². The van der Waals surface area contributed by atoms with Gasteiger partial charge in [0, 0.05) is 6.04 Å². The van der Waals surface area contributed by atoms with Gasteiger partial charge in [0.25, 0.3) is 5.56 Å². The Hall–Kier alpha value is -2.18. The molecule has 1 N–H and O–H groups in total. The van der Waals surface area contributed by atoms with Crippen molar-refractivity contribution in [3.8, 4) is 5.75 Å². The number of benzene rings is 1. The van der Waals surface area contributed by atoms with Crippen LogP contribution in [-0.4, -0.2) is 16.7 Å². The molecule has 0 spiro atoms. The third-order valence-electron chi connectivity index (χ3n) is 2.80. The van der Waals surface area contributed by atoms with Crippen LogP contribution in [0.15, 0.2) is 15.7 Å². The first-order chi connectivity index (χ1) is 8.88. The van der Waals surface area contributed by atoms with E-state index in [1.54, 1.807) is 13.8 Å². The lowest BCUT2D eigenvalue weighted by Gasteiger charge is -2.16. The highest BCUT2D eigenvalue weighted by molar-refractivity contribution is 5.84. The Labute approximate surface area is 106 Å². The molecule has 0 bridgehead atoms. The summed E-state index contributed by atoms with van der Waals surface area (Å²) in [6, 6.07) is 0.398.